The van der Waals surface area contributed by atoms with Gasteiger partial charge in [0.05, 0.1) is 6.61 Å². The van der Waals surface area contributed by atoms with Crippen LogP contribution in [0.25, 0.3) is 5.78 Å². The standard InChI is InChI=1S/C14H17F3N4O/c15-14(16,17)12-8-11(21-5-3-18-13(21)19-12)10-2-1-4-20(9-10)6-7-22/h3,5,8,10,22H,1-2,4,6-7,9H2. The number of fused-ring (bicyclic) bond motifs is 1. The fraction of sp³-hybridized carbons (Fsp3) is 0.571. The Hall–Kier alpha value is -1.67. The molecular weight excluding hydrogens is 297 g/mol. The van der Waals surface area contributed by atoms with E-state index in [-0.39, 0.29) is 18.3 Å². The van der Waals surface area contributed by atoms with Gasteiger partial charge in [-0.25, -0.2) is 9.97 Å². The number of piperidine rings is 1. The van der Waals surface area contributed by atoms with Gasteiger partial charge in [-0.2, -0.15) is 13.2 Å². The minimum Gasteiger partial charge on any atom is -0.395 e. The van der Waals surface area contributed by atoms with E-state index in [2.05, 4.69) is 14.9 Å². The first-order valence-electron chi connectivity index (χ1n) is 7.23. The average molecular weight is 314 g/mol. The maximum Gasteiger partial charge on any atom is 0.433 e. The highest BCUT2D eigenvalue weighted by atomic mass is 19.4. The van der Waals surface area contributed by atoms with Gasteiger partial charge in [-0.15, -0.1) is 0 Å². The lowest BCUT2D eigenvalue weighted by Crippen LogP contribution is -2.37. The number of hydrogen-bond donors (Lipinski definition) is 1. The Morgan fingerprint density at radius 1 is 1.36 bits per heavy atom. The number of halogens is 3. The Labute approximate surface area is 125 Å². The number of alkyl halides is 3. The van der Waals surface area contributed by atoms with Crippen molar-refractivity contribution in [3.63, 3.8) is 0 Å². The minimum atomic E-state index is -4.48. The van der Waals surface area contributed by atoms with Gasteiger partial charge in [-0.1, -0.05) is 0 Å². The highest BCUT2D eigenvalue weighted by Gasteiger charge is 2.35. The van der Waals surface area contributed by atoms with Crippen molar-refractivity contribution in [2.45, 2.75) is 24.9 Å². The summed E-state index contributed by atoms with van der Waals surface area (Å²) in [5.74, 6) is 0.0465. The number of hydrogen-bond acceptors (Lipinski definition) is 4. The van der Waals surface area contributed by atoms with Crippen molar-refractivity contribution < 1.29 is 18.3 Å². The van der Waals surface area contributed by atoms with Crippen LogP contribution < -0.4 is 0 Å². The van der Waals surface area contributed by atoms with Crippen LogP contribution in [-0.4, -0.2) is 50.6 Å². The van der Waals surface area contributed by atoms with E-state index in [9.17, 15) is 13.2 Å². The monoisotopic (exact) mass is 314 g/mol. The first-order valence-corrected chi connectivity index (χ1v) is 7.23. The summed E-state index contributed by atoms with van der Waals surface area (Å²) in [4.78, 5) is 9.57. The summed E-state index contributed by atoms with van der Waals surface area (Å²) in [6, 6.07) is 1.13. The third-order valence-electron chi connectivity index (χ3n) is 4.03. The molecule has 1 aliphatic heterocycles. The van der Waals surface area contributed by atoms with Gasteiger partial charge in [0.15, 0.2) is 0 Å². The maximum absolute atomic E-state index is 13.0. The average Bonchev–Trinajstić information content (AvgIpc) is 2.94. The number of aliphatic hydroxyl groups excluding tert-OH is 1. The molecule has 0 bridgehead atoms. The Balaban J connectivity index is 1.99. The molecule has 0 amide bonds. The zero-order chi connectivity index (χ0) is 15.7. The number of aliphatic hydroxyl groups is 1. The third-order valence-corrected chi connectivity index (χ3v) is 4.03. The molecule has 5 nitrogen and oxygen atoms in total. The molecule has 1 aliphatic rings. The number of likely N-dealkylation sites (tertiary alicyclic amines) is 1. The van der Waals surface area contributed by atoms with Crippen LogP contribution in [0.2, 0.25) is 0 Å². The zero-order valence-corrected chi connectivity index (χ0v) is 11.9. The van der Waals surface area contributed by atoms with E-state index < -0.39 is 11.9 Å². The molecule has 1 saturated heterocycles. The van der Waals surface area contributed by atoms with Crippen LogP contribution in [0.3, 0.4) is 0 Å². The quantitative estimate of drug-likeness (QED) is 0.940. The summed E-state index contributed by atoms with van der Waals surface area (Å²) < 4.78 is 40.7. The molecule has 0 spiro atoms. The lowest BCUT2D eigenvalue weighted by Gasteiger charge is -2.32. The number of imidazole rings is 1. The van der Waals surface area contributed by atoms with E-state index in [0.717, 1.165) is 25.5 Å². The Bertz CT molecular complexity index is 653. The van der Waals surface area contributed by atoms with Crippen molar-refractivity contribution in [1.29, 1.82) is 0 Å². The summed E-state index contributed by atoms with van der Waals surface area (Å²) in [5, 5.41) is 9.05. The molecule has 0 aromatic carbocycles. The van der Waals surface area contributed by atoms with Gasteiger partial charge in [-0.3, -0.25) is 4.40 Å². The second kappa shape index (κ2) is 5.85. The lowest BCUT2D eigenvalue weighted by molar-refractivity contribution is -0.141. The molecule has 3 rings (SSSR count). The number of aromatic nitrogens is 3. The molecule has 1 atom stereocenters. The number of rotatable bonds is 3. The topological polar surface area (TPSA) is 53.7 Å². The van der Waals surface area contributed by atoms with E-state index >= 15 is 0 Å². The van der Waals surface area contributed by atoms with E-state index in [4.69, 9.17) is 5.11 Å². The van der Waals surface area contributed by atoms with Gasteiger partial charge < -0.3 is 10.0 Å². The molecule has 0 radical (unpaired) electrons. The summed E-state index contributed by atoms with van der Waals surface area (Å²) in [6.45, 7) is 2.09. The molecule has 2 aromatic heterocycles. The van der Waals surface area contributed by atoms with E-state index in [0.29, 0.717) is 18.8 Å². The first kappa shape index (κ1) is 15.2. The molecule has 0 aliphatic carbocycles. The van der Waals surface area contributed by atoms with Crippen molar-refractivity contribution >= 4 is 5.78 Å². The zero-order valence-electron chi connectivity index (χ0n) is 11.9. The second-order valence-corrected chi connectivity index (χ2v) is 5.52. The van der Waals surface area contributed by atoms with Crippen molar-refractivity contribution in [1.82, 2.24) is 19.3 Å². The largest absolute Gasteiger partial charge is 0.433 e. The highest BCUT2D eigenvalue weighted by Crippen LogP contribution is 2.33. The van der Waals surface area contributed by atoms with Crippen LogP contribution in [-0.2, 0) is 6.18 Å². The molecule has 0 saturated carbocycles. The maximum atomic E-state index is 13.0. The Morgan fingerprint density at radius 2 is 2.18 bits per heavy atom. The van der Waals surface area contributed by atoms with E-state index in [1.165, 1.54) is 6.20 Å². The Kier molecular flexibility index (Phi) is 4.05. The first-order chi connectivity index (χ1) is 10.5. The van der Waals surface area contributed by atoms with Crippen LogP contribution in [0.15, 0.2) is 18.5 Å². The molecule has 120 valence electrons. The van der Waals surface area contributed by atoms with Gasteiger partial charge in [0, 0.05) is 37.1 Å². The number of β-amino-alcohol motifs (C(OH)–C–C–N with tert-alkyl or cyclic N) is 1. The summed E-state index contributed by atoms with van der Waals surface area (Å²) in [5.41, 5.74) is -0.321. The number of nitrogens with zero attached hydrogens (tertiary/aromatic N) is 4. The van der Waals surface area contributed by atoms with Crippen LogP contribution >= 0.6 is 0 Å². The van der Waals surface area contributed by atoms with Crippen LogP contribution in [0.4, 0.5) is 13.2 Å². The Morgan fingerprint density at radius 3 is 2.91 bits per heavy atom. The summed E-state index contributed by atoms with van der Waals surface area (Å²) >= 11 is 0. The van der Waals surface area contributed by atoms with E-state index in [1.807, 2.05) is 0 Å². The van der Waals surface area contributed by atoms with Crippen molar-refractivity contribution in [2.75, 3.05) is 26.2 Å². The van der Waals surface area contributed by atoms with Crippen LogP contribution in [0.1, 0.15) is 30.1 Å². The molecular formula is C14H17F3N4O. The molecule has 22 heavy (non-hydrogen) atoms. The SMILES string of the molecule is OCCN1CCCC(c2cc(C(F)(F)F)nc3nccn23)C1. The van der Waals surface area contributed by atoms with Gasteiger partial charge in [0.25, 0.3) is 0 Å². The third kappa shape index (κ3) is 2.93. The van der Waals surface area contributed by atoms with Gasteiger partial charge in [0.1, 0.15) is 5.69 Å². The molecule has 3 heterocycles. The predicted molar refractivity (Wildman–Crippen MR) is 73.5 cm³/mol. The lowest BCUT2D eigenvalue weighted by atomic mass is 9.94. The fourth-order valence-electron chi connectivity index (χ4n) is 3.03. The van der Waals surface area contributed by atoms with Gasteiger partial charge in [0.2, 0.25) is 5.78 Å². The molecule has 1 fully saturated rings. The second-order valence-electron chi connectivity index (χ2n) is 5.52. The van der Waals surface area contributed by atoms with Crippen LogP contribution in [0, 0.1) is 0 Å². The normalized spacial score (nSPS) is 20.6. The van der Waals surface area contributed by atoms with Gasteiger partial charge in [-0.05, 0) is 25.5 Å². The molecule has 1 N–H and O–H groups in total. The molecule has 8 heteroatoms. The fourth-order valence-corrected chi connectivity index (χ4v) is 3.03. The van der Waals surface area contributed by atoms with Crippen LogP contribution in [0.5, 0.6) is 0 Å². The van der Waals surface area contributed by atoms with E-state index in [1.54, 1.807) is 10.6 Å². The molecule has 1 unspecified atom stereocenters. The van der Waals surface area contributed by atoms with Crippen molar-refractivity contribution in [3.05, 3.63) is 29.8 Å². The minimum absolute atomic E-state index is 0.0268. The summed E-state index contributed by atoms with van der Waals surface area (Å²) in [6.07, 6.45) is 0.325. The highest BCUT2D eigenvalue weighted by molar-refractivity contribution is 5.35. The smallest absolute Gasteiger partial charge is 0.395 e. The van der Waals surface area contributed by atoms with Crippen molar-refractivity contribution in [2.24, 2.45) is 0 Å². The summed E-state index contributed by atoms with van der Waals surface area (Å²) in [7, 11) is 0. The molecule has 2 aromatic rings. The van der Waals surface area contributed by atoms with Gasteiger partial charge >= 0.3 is 6.18 Å². The van der Waals surface area contributed by atoms with Crippen molar-refractivity contribution in [3.8, 4) is 0 Å². The predicted octanol–water partition coefficient (Wildman–Crippen LogP) is 1.92.